The quantitative estimate of drug-likeness (QED) is 0.422. The number of fused-ring (bicyclic) bond motifs is 1. The van der Waals surface area contributed by atoms with E-state index in [0.717, 1.165) is 30.3 Å². The summed E-state index contributed by atoms with van der Waals surface area (Å²) < 4.78 is 10.5. The Morgan fingerprint density at radius 2 is 1.70 bits per heavy atom. The third-order valence-corrected chi connectivity index (χ3v) is 5.49. The minimum atomic E-state index is -0.316. The van der Waals surface area contributed by atoms with Crippen molar-refractivity contribution in [1.29, 1.82) is 0 Å². The molecule has 0 saturated carbocycles. The summed E-state index contributed by atoms with van der Waals surface area (Å²) >= 11 is 0. The van der Waals surface area contributed by atoms with Crippen LogP contribution < -0.4 is 20.3 Å². The monoisotopic (exact) mass is 443 g/mol. The minimum absolute atomic E-state index is 0.293. The number of hydrogen-bond acceptors (Lipinski definition) is 5. The molecular weight excluding hydrogens is 418 g/mol. The summed E-state index contributed by atoms with van der Waals surface area (Å²) in [5.74, 6) is 0.689. The van der Waals surface area contributed by atoms with Crippen molar-refractivity contribution >= 4 is 22.4 Å². The van der Waals surface area contributed by atoms with Gasteiger partial charge in [0.1, 0.15) is 0 Å². The zero-order valence-electron chi connectivity index (χ0n) is 18.6. The lowest BCUT2D eigenvalue weighted by Crippen LogP contribution is -2.14. The van der Waals surface area contributed by atoms with Gasteiger partial charge in [-0.15, -0.1) is 0 Å². The lowest BCUT2D eigenvalue weighted by Gasteiger charge is -2.11. The van der Waals surface area contributed by atoms with Crippen molar-refractivity contribution in [1.82, 2.24) is 10.2 Å². The lowest BCUT2D eigenvalue weighted by atomic mass is 10.0. The number of carbonyl (C=O) groups is 1. The molecule has 1 heterocycles. The number of methoxy groups -OCH3 is 2. The van der Waals surface area contributed by atoms with Gasteiger partial charge in [-0.3, -0.25) is 9.59 Å². The van der Waals surface area contributed by atoms with Crippen LogP contribution in [0.3, 0.4) is 0 Å². The van der Waals surface area contributed by atoms with Gasteiger partial charge in [0.2, 0.25) is 0 Å². The predicted octanol–water partition coefficient (Wildman–Crippen LogP) is 4.37. The third-order valence-electron chi connectivity index (χ3n) is 5.49. The second-order valence-electron chi connectivity index (χ2n) is 7.62. The first-order chi connectivity index (χ1) is 16.1. The van der Waals surface area contributed by atoms with E-state index in [0.29, 0.717) is 28.1 Å². The highest BCUT2D eigenvalue weighted by atomic mass is 16.5. The summed E-state index contributed by atoms with van der Waals surface area (Å²) in [4.78, 5) is 25.2. The van der Waals surface area contributed by atoms with Crippen molar-refractivity contribution < 1.29 is 14.3 Å². The normalized spacial score (nSPS) is 10.7. The zero-order chi connectivity index (χ0) is 23.2. The summed E-state index contributed by atoms with van der Waals surface area (Å²) in [5.41, 5.74) is 2.75. The van der Waals surface area contributed by atoms with E-state index < -0.39 is 0 Å². The van der Waals surface area contributed by atoms with Gasteiger partial charge in [-0.25, -0.2) is 5.10 Å². The molecule has 0 aliphatic carbocycles. The highest BCUT2D eigenvalue weighted by molar-refractivity contribution is 6.05. The maximum atomic E-state index is 12.7. The summed E-state index contributed by atoms with van der Waals surface area (Å²) in [7, 11) is 3.05. The summed E-state index contributed by atoms with van der Waals surface area (Å²) in [6.45, 7) is 0. The smallest absolute Gasteiger partial charge is 0.272 e. The van der Waals surface area contributed by atoms with Crippen molar-refractivity contribution in [3.05, 3.63) is 93.9 Å². The molecular formula is C26H25N3O4. The van der Waals surface area contributed by atoms with Gasteiger partial charge >= 0.3 is 0 Å². The number of ether oxygens (including phenoxy) is 2. The molecule has 0 spiro atoms. The molecule has 0 aliphatic rings. The Bertz CT molecular complexity index is 1330. The Kier molecular flexibility index (Phi) is 6.69. The summed E-state index contributed by atoms with van der Waals surface area (Å²) in [5, 5.41) is 11.0. The van der Waals surface area contributed by atoms with Crippen LogP contribution in [0.25, 0.3) is 10.8 Å². The molecule has 7 heteroatoms. The second-order valence-corrected chi connectivity index (χ2v) is 7.62. The largest absolute Gasteiger partial charge is 0.493 e. The van der Waals surface area contributed by atoms with Crippen molar-refractivity contribution in [2.75, 3.05) is 19.5 Å². The topological polar surface area (TPSA) is 93.3 Å². The van der Waals surface area contributed by atoms with Gasteiger partial charge in [-0.05, 0) is 55.2 Å². The summed E-state index contributed by atoms with van der Waals surface area (Å²) in [6.07, 6.45) is 2.58. The number of rotatable bonds is 8. The van der Waals surface area contributed by atoms with E-state index in [4.69, 9.17) is 9.47 Å². The predicted molar refractivity (Wildman–Crippen MR) is 128 cm³/mol. The standard InChI is InChI=1S/C26H25N3O4/c1-32-23-14-11-18(15-24(23)33-2)25(30)27-19-12-13-20-21(16-19)26(31)29-28-22(20)10-6-9-17-7-4-3-5-8-17/h3-5,7-8,11-16H,6,9-10H2,1-2H3,(H,27,30)(H,29,31). The third kappa shape index (κ3) is 5.03. The Labute approximate surface area is 191 Å². The van der Waals surface area contributed by atoms with Crippen LogP contribution in [0.2, 0.25) is 0 Å². The molecule has 3 aromatic carbocycles. The van der Waals surface area contributed by atoms with Crippen molar-refractivity contribution in [3.63, 3.8) is 0 Å². The average Bonchev–Trinajstić information content (AvgIpc) is 2.85. The number of hydrogen-bond donors (Lipinski definition) is 2. The van der Waals surface area contributed by atoms with E-state index in [9.17, 15) is 9.59 Å². The fourth-order valence-electron chi connectivity index (χ4n) is 3.78. The van der Waals surface area contributed by atoms with Crippen molar-refractivity contribution in [3.8, 4) is 11.5 Å². The van der Waals surface area contributed by atoms with Crippen LogP contribution in [0, 0.1) is 0 Å². The number of aryl methyl sites for hydroxylation is 2. The van der Waals surface area contributed by atoms with Gasteiger partial charge in [-0.1, -0.05) is 36.4 Å². The van der Waals surface area contributed by atoms with Crippen LogP contribution in [0.5, 0.6) is 11.5 Å². The Morgan fingerprint density at radius 3 is 2.45 bits per heavy atom. The number of aromatic amines is 1. The number of benzene rings is 3. The number of H-pyrrole nitrogens is 1. The van der Waals surface area contributed by atoms with Gasteiger partial charge in [0.25, 0.3) is 11.5 Å². The fraction of sp³-hybridized carbons (Fsp3) is 0.192. The molecule has 168 valence electrons. The van der Waals surface area contributed by atoms with Gasteiger partial charge in [0.15, 0.2) is 11.5 Å². The molecule has 0 radical (unpaired) electrons. The summed E-state index contributed by atoms with van der Waals surface area (Å²) in [6, 6.07) is 20.5. The number of amides is 1. The van der Waals surface area contributed by atoms with Crippen LogP contribution in [0.15, 0.2) is 71.5 Å². The van der Waals surface area contributed by atoms with Crippen LogP contribution >= 0.6 is 0 Å². The highest BCUT2D eigenvalue weighted by Gasteiger charge is 2.13. The number of nitrogens with one attached hydrogen (secondary N) is 2. The molecule has 0 fully saturated rings. The second kappa shape index (κ2) is 9.99. The number of nitrogens with zero attached hydrogens (tertiary/aromatic N) is 1. The minimum Gasteiger partial charge on any atom is -0.493 e. The molecule has 1 amide bonds. The van der Waals surface area contributed by atoms with Crippen molar-refractivity contribution in [2.45, 2.75) is 19.3 Å². The van der Waals surface area contributed by atoms with E-state index >= 15 is 0 Å². The Morgan fingerprint density at radius 1 is 0.909 bits per heavy atom. The molecule has 33 heavy (non-hydrogen) atoms. The van der Waals surface area contributed by atoms with E-state index in [2.05, 4.69) is 27.6 Å². The van der Waals surface area contributed by atoms with Crippen molar-refractivity contribution in [2.24, 2.45) is 0 Å². The first-order valence-corrected chi connectivity index (χ1v) is 10.7. The average molecular weight is 444 g/mol. The van der Waals surface area contributed by atoms with Crippen LogP contribution in [0.1, 0.15) is 28.0 Å². The molecule has 1 aromatic heterocycles. The SMILES string of the molecule is COc1ccc(C(=O)Nc2ccc3c(CCCc4ccccc4)n[nH]c(=O)c3c2)cc1OC. The Hall–Kier alpha value is -4.13. The molecule has 4 rings (SSSR count). The number of aromatic nitrogens is 2. The van der Waals surface area contributed by atoms with E-state index in [1.807, 2.05) is 24.3 Å². The number of anilines is 1. The van der Waals surface area contributed by atoms with Gasteiger partial charge in [0, 0.05) is 16.6 Å². The zero-order valence-corrected chi connectivity index (χ0v) is 18.6. The molecule has 2 N–H and O–H groups in total. The molecule has 0 atom stereocenters. The maximum absolute atomic E-state index is 12.7. The highest BCUT2D eigenvalue weighted by Crippen LogP contribution is 2.28. The van der Waals surface area contributed by atoms with Gasteiger partial charge in [-0.2, -0.15) is 5.10 Å². The first kappa shape index (κ1) is 22.1. The first-order valence-electron chi connectivity index (χ1n) is 10.7. The molecule has 0 bridgehead atoms. The van der Waals surface area contributed by atoms with E-state index in [-0.39, 0.29) is 11.5 Å². The number of carbonyl (C=O) groups excluding carboxylic acids is 1. The van der Waals surface area contributed by atoms with Crippen LogP contribution in [-0.2, 0) is 12.8 Å². The molecule has 4 aromatic rings. The van der Waals surface area contributed by atoms with E-state index in [1.54, 1.807) is 30.3 Å². The van der Waals surface area contributed by atoms with Crippen LogP contribution in [0.4, 0.5) is 5.69 Å². The maximum Gasteiger partial charge on any atom is 0.272 e. The molecule has 0 unspecified atom stereocenters. The molecule has 0 aliphatic heterocycles. The van der Waals surface area contributed by atoms with Gasteiger partial charge in [0.05, 0.1) is 25.3 Å². The van der Waals surface area contributed by atoms with E-state index in [1.165, 1.54) is 19.8 Å². The lowest BCUT2D eigenvalue weighted by molar-refractivity contribution is 0.102. The molecule has 0 saturated heterocycles. The fourth-order valence-corrected chi connectivity index (χ4v) is 3.78. The van der Waals surface area contributed by atoms with Crippen LogP contribution in [-0.4, -0.2) is 30.3 Å². The van der Waals surface area contributed by atoms with Gasteiger partial charge < -0.3 is 14.8 Å². The Balaban J connectivity index is 1.52. The molecule has 7 nitrogen and oxygen atoms in total.